The van der Waals surface area contributed by atoms with E-state index in [0.29, 0.717) is 0 Å². The molecular formula is C22H16N6O2S. The Bertz CT molecular complexity index is 1410. The molecule has 3 rings (SSSR count). The van der Waals surface area contributed by atoms with E-state index in [1.54, 1.807) is 48.5 Å². The molecule has 1 aromatic heterocycles. The number of hydrogen-bond acceptors (Lipinski definition) is 7. The molecule has 2 aromatic carbocycles. The highest BCUT2D eigenvalue weighted by molar-refractivity contribution is 7.90. The highest BCUT2D eigenvalue weighted by Crippen LogP contribution is 2.44. The Hall–Kier alpha value is -4.31. The van der Waals surface area contributed by atoms with Crippen molar-refractivity contribution >= 4 is 26.7 Å². The van der Waals surface area contributed by atoms with Gasteiger partial charge in [-0.25, -0.2) is 12.4 Å². The van der Waals surface area contributed by atoms with E-state index in [2.05, 4.69) is 5.32 Å². The van der Waals surface area contributed by atoms with E-state index in [0.717, 1.165) is 9.54 Å². The smallest absolute Gasteiger partial charge is 0.269 e. The van der Waals surface area contributed by atoms with Gasteiger partial charge in [-0.1, -0.05) is 35.9 Å². The van der Waals surface area contributed by atoms with Gasteiger partial charge in [0.1, 0.15) is 5.82 Å². The number of nitrogens with one attached hydrogen (secondary N) is 1. The number of fused-ring (bicyclic) bond motifs is 1. The molecule has 31 heavy (non-hydrogen) atoms. The lowest BCUT2D eigenvalue weighted by atomic mass is 9.73. The van der Waals surface area contributed by atoms with Crippen molar-refractivity contribution in [1.82, 2.24) is 3.97 Å². The molecule has 0 atom stereocenters. The molecule has 8 nitrogen and oxygen atoms in total. The number of anilines is 1. The number of nitriles is 4. The number of benzene rings is 2. The highest BCUT2D eigenvalue weighted by Gasteiger charge is 2.48. The molecule has 0 fully saturated rings. The molecule has 0 saturated carbocycles. The summed E-state index contributed by atoms with van der Waals surface area (Å²) < 4.78 is 28.2. The summed E-state index contributed by atoms with van der Waals surface area (Å²) in [5.74, 6) is -1.70. The van der Waals surface area contributed by atoms with E-state index in [1.165, 1.54) is 19.2 Å². The third-order valence-electron chi connectivity index (χ3n) is 5.07. The predicted octanol–water partition coefficient (Wildman–Crippen LogP) is 3.18. The van der Waals surface area contributed by atoms with Crippen molar-refractivity contribution in [3.8, 4) is 24.3 Å². The van der Waals surface area contributed by atoms with Crippen LogP contribution in [0.4, 0.5) is 5.82 Å². The molecule has 0 aliphatic rings. The van der Waals surface area contributed by atoms with E-state index in [9.17, 15) is 29.5 Å². The predicted molar refractivity (Wildman–Crippen MR) is 113 cm³/mol. The Balaban J connectivity index is 2.53. The van der Waals surface area contributed by atoms with Gasteiger partial charge in [-0.3, -0.25) is 0 Å². The third kappa shape index (κ3) is 3.06. The van der Waals surface area contributed by atoms with Crippen molar-refractivity contribution < 1.29 is 8.42 Å². The van der Waals surface area contributed by atoms with E-state index in [1.807, 2.05) is 19.1 Å². The van der Waals surface area contributed by atoms with Crippen molar-refractivity contribution in [3.63, 3.8) is 0 Å². The molecule has 3 aromatic rings. The molecular weight excluding hydrogens is 412 g/mol. The molecule has 0 bridgehead atoms. The molecule has 0 radical (unpaired) electrons. The van der Waals surface area contributed by atoms with E-state index in [-0.39, 0.29) is 27.2 Å². The van der Waals surface area contributed by atoms with Gasteiger partial charge in [-0.15, -0.1) is 0 Å². The molecule has 0 amide bonds. The Labute approximate surface area is 179 Å². The molecule has 1 N–H and O–H groups in total. The molecule has 0 saturated heterocycles. The van der Waals surface area contributed by atoms with Gasteiger partial charge in [-0.2, -0.15) is 21.0 Å². The first-order chi connectivity index (χ1) is 14.8. The zero-order valence-corrected chi connectivity index (χ0v) is 17.5. The van der Waals surface area contributed by atoms with Crippen LogP contribution >= 0.6 is 0 Å². The zero-order chi connectivity index (χ0) is 22.8. The number of rotatable bonds is 5. The molecule has 0 aliphatic heterocycles. The molecule has 0 unspecified atom stereocenters. The number of aromatic nitrogens is 1. The first-order valence-electron chi connectivity index (χ1n) is 9.08. The molecule has 0 spiro atoms. The van der Waals surface area contributed by atoms with Gasteiger partial charge in [0.05, 0.1) is 34.7 Å². The summed E-state index contributed by atoms with van der Waals surface area (Å²) in [7, 11) is -2.70. The molecule has 152 valence electrons. The minimum Gasteiger partial charge on any atom is -0.373 e. The Kier molecular flexibility index (Phi) is 5.41. The standard InChI is InChI=1S/C22H16N6O2S/c1-15-7-9-17(10-8-15)31(29,30)28-19-6-4-3-5-18(19)20(21(28)27-2)22(13-25,14-26)16(11-23)12-24/h3-10,16,27H,1-2H3. The SMILES string of the molecule is CNc1c(C(C#N)(C#N)C(C#N)C#N)c2ccccc2n1S(=O)(=O)c1ccc(C)cc1. The van der Waals surface area contributed by atoms with Gasteiger partial charge in [0.15, 0.2) is 5.92 Å². The summed E-state index contributed by atoms with van der Waals surface area (Å²) in [5.41, 5.74) is -1.15. The van der Waals surface area contributed by atoms with Gasteiger partial charge in [-0.05, 0) is 25.1 Å². The quantitative estimate of drug-likeness (QED) is 0.656. The maximum atomic E-state index is 13.6. The van der Waals surface area contributed by atoms with Crippen LogP contribution < -0.4 is 5.32 Å². The van der Waals surface area contributed by atoms with Crippen LogP contribution in [0, 0.1) is 58.2 Å². The van der Waals surface area contributed by atoms with Gasteiger partial charge < -0.3 is 5.32 Å². The molecule has 1 heterocycles. The first kappa shape index (κ1) is 21.4. The zero-order valence-electron chi connectivity index (χ0n) is 16.7. The van der Waals surface area contributed by atoms with Gasteiger partial charge in [0.2, 0.25) is 5.41 Å². The lowest BCUT2D eigenvalue weighted by Gasteiger charge is -2.21. The summed E-state index contributed by atoms with van der Waals surface area (Å²) in [4.78, 5) is 0.0125. The third-order valence-corrected chi connectivity index (χ3v) is 6.79. The van der Waals surface area contributed by atoms with Crippen LogP contribution in [0.3, 0.4) is 0 Å². The van der Waals surface area contributed by atoms with Crippen molar-refractivity contribution in [2.45, 2.75) is 17.2 Å². The van der Waals surface area contributed by atoms with Crippen LogP contribution in [0.25, 0.3) is 10.9 Å². The van der Waals surface area contributed by atoms with Crippen LogP contribution in [-0.2, 0) is 15.4 Å². The normalized spacial score (nSPS) is 11.3. The molecule has 0 aliphatic carbocycles. The topological polar surface area (TPSA) is 146 Å². The second kappa shape index (κ2) is 7.84. The Morgan fingerprint density at radius 2 is 1.55 bits per heavy atom. The fourth-order valence-corrected chi connectivity index (χ4v) is 5.07. The Morgan fingerprint density at radius 1 is 0.968 bits per heavy atom. The fourth-order valence-electron chi connectivity index (χ4n) is 3.54. The minimum absolute atomic E-state index is 0.0125. The second-order valence-electron chi connectivity index (χ2n) is 6.80. The maximum Gasteiger partial charge on any atom is 0.269 e. The van der Waals surface area contributed by atoms with Crippen molar-refractivity contribution in [2.75, 3.05) is 12.4 Å². The van der Waals surface area contributed by atoms with Crippen LogP contribution in [0.15, 0.2) is 53.4 Å². The minimum atomic E-state index is -4.15. The monoisotopic (exact) mass is 428 g/mol. The summed E-state index contributed by atoms with van der Waals surface area (Å²) in [5, 5.41) is 41.9. The van der Waals surface area contributed by atoms with Crippen molar-refractivity contribution in [2.24, 2.45) is 5.92 Å². The lowest BCUT2D eigenvalue weighted by Crippen LogP contribution is -2.32. The lowest BCUT2D eigenvalue weighted by molar-refractivity contribution is 0.588. The molecule has 9 heteroatoms. The number of aryl methyl sites for hydroxylation is 1. The number of nitrogens with zero attached hydrogens (tertiary/aromatic N) is 5. The highest BCUT2D eigenvalue weighted by atomic mass is 32.2. The first-order valence-corrected chi connectivity index (χ1v) is 10.5. The van der Waals surface area contributed by atoms with Crippen LogP contribution in [-0.4, -0.2) is 19.4 Å². The largest absolute Gasteiger partial charge is 0.373 e. The average Bonchev–Trinajstić information content (AvgIpc) is 3.13. The van der Waals surface area contributed by atoms with Crippen molar-refractivity contribution in [1.29, 1.82) is 21.0 Å². The van der Waals surface area contributed by atoms with Crippen molar-refractivity contribution in [3.05, 3.63) is 59.7 Å². The van der Waals surface area contributed by atoms with Crippen LogP contribution in [0.2, 0.25) is 0 Å². The summed E-state index contributed by atoms with van der Waals surface area (Å²) in [6, 6.07) is 19.6. The second-order valence-corrected chi connectivity index (χ2v) is 8.58. The number of hydrogen-bond donors (Lipinski definition) is 1. The van der Waals surface area contributed by atoms with Gasteiger partial charge in [0, 0.05) is 18.0 Å². The van der Waals surface area contributed by atoms with E-state index >= 15 is 0 Å². The van der Waals surface area contributed by atoms with E-state index < -0.39 is 21.4 Å². The van der Waals surface area contributed by atoms with E-state index in [4.69, 9.17) is 0 Å². The fraction of sp³-hybridized carbons (Fsp3) is 0.182. The average molecular weight is 428 g/mol. The summed E-state index contributed by atoms with van der Waals surface area (Å²) in [6.07, 6.45) is 0. The van der Waals surface area contributed by atoms with Crippen LogP contribution in [0.5, 0.6) is 0 Å². The summed E-state index contributed by atoms with van der Waals surface area (Å²) in [6.45, 7) is 1.83. The van der Waals surface area contributed by atoms with Crippen LogP contribution in [0.1, 0.15) is 11.1 Å². The Morgan fingerprint density at radius 3 is 2.06 bits per heavy atom. The van der Waals surface area contributed by atoms with Gasteiger partial charge in [0.25, 0.3) is 10.0 Å². The van der Waals surface area contributed by atoms with Gasteiger partial charge >= 0.3 is 0 Å². The summed E-state index contributed by atoms with van der Waals surface area (Å²) >= 11 is 0. The maximum absolute atomic E-state index is 13.6. The number of para-hydroxylation sites is 1.